The third-order valence-electron chi connectivity index (χ3n) is 33.0. The summed E-state index contributed by atoms with van der Waals surface area (Å²) in [4.78, 5) is 31.3. The first-order valence-corrected chi connectivity index (χ1v) is 49.1. The van der Waals surface area contributed by atoms with Crippen molar-refractivity contribution < 1.29 is 13.3 Å². The summed E-state index contributed by atoms with van der Waals surface area (Å²) in [6.07, 6.45) is 0. The molecular formula is C132H100N6O3. The van der Waals surface area contributed by atoms with E-state index in [0.717, 1.165) is 161 Å². The van der Waals surface area contributed by atoms with E-state index in [0.29, 0.717) is 0 Å². The summed E-state index contributed by atoms with van der Waals surface area (Å²) >= 11 is 0. The molecule has 9 heteroatoms. The van der Waals surface area contributed by atoms with Crippen LogP contribution in [0.5, 0.6) is 0 Å². The lowest BCUT2D eigenvalue weighted by atomic mass is 9.55. The molecule has 19 aromatic carbocycles. The van der Waals surface area contributed by atoms with Crippen LogP contribution < -0.4 is 0 Å². The highest BCUT2D eigenvalue weighted by molar-refractivity contribution is 6.22. The molecule has 3 aliphatic carbocycles. The van der Waals surface area contributed by atoms with Crippen molar-refractivity contribution in [3.05, 3.63) is 422 Å². The Balaban J connectivity index is 0.000000109. The molecule has 141 heavy (non-hydrogen) atoms. The molecule has 25 aromatic rings. The zero-order valence-corrected chi connectivity index (χ0v) is 80.9. The first-order valence-electron chi connectivity index (χ1n) is 49.1. The van der Waals surface area contributed by atoms with Gasteiger partial charge in [0, 0.05) is 82.1 Å². The number of aromatic nitrogens is 6. The van der Waals surface area contributed by atoms with Gasteiger partial charge >= 0.3 is 0 Å². The molecule has 0 atom stereocenters. The van der Waals surface area contributed by atoms with Gasteiger partial charge in [-0.05, 0) is 229 Å². The minimum absolute atomic E-state index is 0.0429. The maximum absolute atomic E-state index is 6.82. The summed E-state index contributed by atoms with van der Waals surface area (Å²) < 4.78 is 20.2. The summed E-state index contributed by atoms with van der Waals surface area (Å²) in [6.45, 7) is 28.5. The van der Waals surface area contributed by atoms with Crippen molar-refractivity contribution in [1.82, 2.24) is 29.9 Å². The summed E-state index contributed by atoms with van der Waals surface area (Å²) in [5.74, 6) is 0. The summed E-state index contributed by atoms with van der Waals surface area (Å²) in [6, 6.07) is 138. The van der Waals surface area contributed by atoms with Crippen molar-refractivity contribution in [2.75, 3.05) is 0 Å². The molecule has 6 heterocycles. The third kappa shape index (κ3) is 13.0. The van der Waals surface area contributed by atoms with E-state index in [1.165, 1.54) is 115 Å². The predicted molar refractivity (Wildman–Crippen MR) is 585 cm³/mol. The second-order valence-electron chi connectivity index (χ2n) is 41.9. The Hall–Kier alpha value is -16.6. The number of hydrogen-bond acceptors (Lipinski definition) is 9. The lowest BCUT2D eigenvalue weighted by molar-refractivity contribution is 0.299. The number of hydrogen-bond donors (Lipinski definition) is 0. The highest BCUT2D eigenvalue weighted by Crippen LogP contribution is 2.61. The number of nitrogens with zero attached hydrogens (tertiary/aromatic N) is 6. The standard InChI is InChI=1S/C48H36N2O.2C42H32N2O/c1-47(2)38-27-32(33-20-25-39-40(28-33)50-45(31-16-9-6-10-17-31)44(49-39)30-14-7-5-8-15-30)19-22-35(38)36-23-24-37-42-34-18-12-11-13-29(34)21-26-41(42)51-46(37)43(36)48(47,3)4;1-41(2)33-19-11-10-17-27(33)29-22-30-32-23-31(26-16-8-9-18-28(26)40(32)45-37(30)24-34(29)42(41,3)4)39-38(25-14-6-5-7-15-25)43-35-20-12-13-21-36(35)44-39;1-41(2)33-21-28(40-39(25-12-6-5-7-13-25)43-35-16-10-11-17-36(35)44-40)18-19-29(33)30-24-38-32(23-34(30)42(41,3)4)31-20-26-14-8-9-15-27(26)22-37(31)45-38/h5-28H,1-4H3;2*5-24H,1-4H3. The van der Waals surface area contributed by atoms with Gasteiger partial charge < -0.3 is 13.3 Å². The predicted octanol–water partition coefficient (Wildman–Crippen LogP) is 35.4. The molecule has 6 aromatic heterocycles. The van der Waals surface area contributed by atoms with Gasteiger partial charge in [0.15, 0.2) is 0 Å². The van der Waals surface area contributed by atoms with Gasteiger partial charge in [-0.1, -0.05) is 368 Å². The van der Waals surface area contributed by atoms with Crippen LogP contribution in [0, 0.1) is 0 Å². The average Bonchev–Trinajstić information content (AvgIpc) is 1.64. The largest absolute Gasteiger partial charge is 0.456 e. The van der Waals surface area contributed by atoms with Crippen LogP contribution in [0.4, 0.5) is 0 Å². The fraction of sp³-hybridized carbons (Fsp3) is 0.136. The van der Waals surface area contributed by atoms with E-state index in [1.54, 1.807) is 0 Å². The fourth-order valence-electron chi connectivity index (χ4n) is 23.3. The van der Waals surface area contributed by atoms with E-state index in [1.807, 2.05) is 72.8 Å². The Kier molecular flexibility index (Phi) is 18.9. The first kappa shape index (κ1) is 84.9. The van der Waals surface area contributed by atoms with E-state index in [4.69, 9.17) is 43.2 Å². The van der Waals surface area contributed by atoms with Gasteiger partial charge in [-0.15, -0.1) is 0 Å². The van der Waals surface area contributed by atoms with Crippen molar-refractivity contribution in [1.29, 1.82) is 0 Å². The SMILES string of the molecule is CC1(C)c2cc(-c3ccc4nc(-c5ccccc5)c(-c5ccccc5)nc4c3)ccc2-c2ccc3c(oc4ccc5ccccc5c43)c2C1(C)C.CC1(C)c2cc(-c3nc4ccccc4nc3-c3ccccc3)ccc2-c2cc3oc4cc5ccccc5cc4c3cc2C1(C)C.CC1(C)c2ccccc2-c2cc3c(cc2C1(C)C)oc1c2ccccc2c(-c2nc4ccccc4nc2-c2ccccc2)cc31. The van der Waals surface area contributed by atoms with E-state index < -0.39 is 0 Å². The molecule has 9 nitrogen and oxygen atoms in total. The van der Waals surface area contributed by atoms with Crippen LogP contribution in [0.25, 0.3) is 243 Å². The normalized spacial score (nSPS) is 14.9. The zero-order valence-electron chi connectivity index (χ0n) is 80.9. The maximum atomic E-state index is 6.82. The van der Waals surface area contributed by atoms with Crippen molar-refractivity contribution in [3.63, 3.8) is 0 Å². The lowest BCUT2D eigenvalue weighted by Crippen LogP contribution is -2.43. The van der Waals surface area contributed by atoms with Crippen molar-refractivity contribution in [2.24, 2.45) is 0 Å². The Morgan fingerprint density at radius 3 is 1.16 bits per heavy atom. The number of furan rings is 3. The zero-order chi connectivity index (χ0) is 95.5. The number of para-hydroxylation sites is 4. The summed E-state index contributed by atoms with van der Waals surface area (Å²) in [5, 5.41) is 14.0. The van der Waals surface area contributed by atoms with Gasteiger partial charge in [-0.25, -0.2) is 29.9 Å². The van der Waals surface area contributed by atoms with E-state index >= 15 is 0 Å². The highest BCUT2D eigenvalue weighted by Gasteiger charge is 2.50. The fourth-order valence-corrected chi connectivity index (χ4v) is 23.3. The van der Waals surface area contributed by atoms with Crippen LogP contribution in [-0.2, 0) is 32.5 Å². The van der Waals surface area contributed by atoms with Crippen LogP contribution in [0.1, 0.15) is 116 Å². The number of benzene rings is 19. The molecule has 0 saturated carbocycles. The molecule has 28 rings (SSSR count). The van der Waals surface area contributed by atoms with Crippen LogP contribution in [0.2, 0.25) is 0 Å². The molecule has 0 aliphatic heterocycles. The Bertz CT molecular complexity index is 9550. The van der Waals surface area contributed by atoms with Gasteiger partial charge in [0.2, 0.25) is 0 Å². The van der Waals surface area contributed by atoms with Gasteiger partial charge in [0.1, 0.15) is 33.5 Å². The second-order valence-corrected chi connectivity index (χ2v) is 41.9. The monoisotopic (exact) mass is 1820 g/mol. The molecule has 676 valence electrons. The van der Waals surface area contributed by atoms with Gasteiger partial charge in [0.25, 0.3) is 0 Å². The molecule has 0 unspecified atom stereocenters. The molecule has 0 radical (unpaired) electrons. The van der Waals surface area contributed by atoms with Crippen molar-refractivity contribution >= 4 is 131 Å². The van der Waals surface area contributed by atoms with Crippen molar-refractivity contribution in [3.8, 4) is 112 Å². The number of rotatable bonds is 7. The highest BCUT2D eigenvalue weighted by atomic mass is 16.3. The molecule has 0 spiro atoms. The lowest BCUT2D eigenvalue weighted by Gasteiger charge is -2.48. The third-order valence-corrected chi connectivity index (χ3v) is 33.0. The minimum atomic E-state index is -0.218. The topological polar surface area (TPSA) is 117 Å². The van der Waals surface area contributed by atoms with Crippen molar-refractivity contribution in [2.45, 2.75) is 116 Å². The quantitative estimate of drug-likeness (QED) is 0.154. The second kappa shape index (κ2) is 31.5. The summed E-state index contributed by atoms with van der Waals surface area (Å²) in [7, 11) is 0. The average molecular weight is 1820 g/mol. The van der Waals surface area contributed by atoms with Crippen LogP contribution in [0.3, 0.4) is 0 Å². The molecule has 0 amide bonds. The molecule has 0 fully saturated rings. The van der Waals surface area contributed by atoms with E-state index in [9.17, 15) is 0 Å². The smallest absolute Gasteiger partial charge is 0.143 e. The van der Waals surface area contributed by atoms with Crippen LogP contribution in [-0.4, -0.2) is 29.9 Å². The number of fused-ring (bicyclic) bond motifs is 27. The van der Waals surface area contributed by atoms with Gasteiger partial charge in [0.05, 0.1) is 67.3 Å². The molecule has 0 N–H and O–H groups in total. The molecular weight excluding hydrogens is 1720 g/mol. The van der Waals surface area contributed by atoms with Crippen LogP contribution in [0.15, 0.2) is 401 Å². The van der Waals surface area contributed by atoms with Gasteiger partial charge in [-0.2, -0.15) is 0 Å². The molecule has 0 bridgehead atoms. The first-order chi connectivity index (χ1) is 68.4. The van der Waals surface area contributed by atoms with Crippen LogP contribution >= 0.6 is 0 Å². The Morgan fingerprint density at radius 2 is 0.553 bits per heavy atom. The van der Waals surface area contributed by atoms with E-state index in [-0.39, 0.29) is 32.5 Å². The molecule has 0 saturated heterocycles. The maximum Gasteiger partial charge on any atom is 0.143 e. The summed E-state index contributed by atoms with van der Waals surface area (Å²) in [5.41, 5.74) is 39.7. The Labute approximate surface area is 818 Å². The Morgan fingerprint density at radius 1 is 0.170 bits per heavy atom. The minimum Gasteiger partial charge on any atom is -0.456 e. The molecule has 3 aliphatic rings. The van der Waals surface area contributed by atoms with Gasteiger partial charge in [-0.3, -0.25) is 0 Å². The van der Waals surface area contributed by atoms with E-state index in [2.05, 4.69) is 399 Å².